The van der Waals surface area contributed by atoms with Crippen molar-refractivity contribution in [3.05, 3.63) is 36.0 Å². The number of aldehydes is 1. The molecule has 3 fully saturated rings. The van der Waals surface area contributed by atoms with E-state index in [4.69, 9.17) is 9.47 Å². The number of carbonyl (C=O) groups excluding carboxylic acids is 5. The van der Waals surface area contributed by atoms with E-state index < -0.39 is 17.4 Å². The molecule has 274 valence electrons. The van der Waals surface area contributed by atoms with Gasteiger partial charge in [-0.3, -0.25) is 24.0 Å². The number of ketones is 2. The van der Waals surface area contributed by atoms with E-state index in [0.29, 0.717) is 19.4 Å². The van der Waals surface area contributed by atoms with Gasteiger partial charge in [0.15, 0.2) is 5.78 Å². The highest BCUT2D eigenvalue weighted by molar-refractivity contribution is 5.89. The van der Waals surface area contributed by atoms with E-state index in [2.05, 4.69) is 32.1 Å². The minimum atomic E-state index is -0.578. The second-order valence-electron chi connectivity index (χ2n) is 14.9. The maximum absolute atomic E-state index is 13.6. The van der Waals surface area contributed by atoms with Crippen molar-refractivity contribution < 1.29 is 33.4 Å². The van der Waals surface area contributed by atoms with Crippen molar-refractivity contribution >= 4 is 29.8 Å². The van der Waals surface area contributed by atoms with Gasteiger partial charge < -0.3 is 9.47 Å². The van der Waals surface area contributed by atoms with Crippen LogP contribution in [0.2, 0.25) is 0 Å². The molecule has 0 bridgehead atoms. The molecule has 0 heterocycles. The topological polar surface area (TPSA) is 104 Å². The molecule has 0 spiro atoms. The Bertz CT molecular complexity index is 1170. The van der Waals surface area contributed by atoms with Gasteiger partial charge in [-0.2, -0.15) is 0 Å². The first kappa shape index (κ1) is 40.6. The molecule has 0 amide bonds. The van der Waals surface area contributed by atoms with Crippen LogP contribution in [0.5, 0.6) is 0 Å². The van der Waals surface area contributed by atoms with Crippen LogP contribution in [0.1, 0.15) is 149 Å². The molecule has 0 aromatic rings. The molecule has 3 rings (SSSR count). The molecule has 7 nitrogen and oxygen atoms in total. The highest BCUT2D eigenvalue weighted by atomic mass is 16.5. The number of esters is 2. The number of hydrogen-bond acceptors (Lipinski definition) is 7. The summed E-state index contributed by atoms with van der Waals surface area (Å²) in [4.78, 5) is 62.7. The van der Waals surface area contributed by atoms with Gasteiger partial charge in [-0.25, -0.2) is 0 Å². The van der Waals surface area contributed by atoms with Crippen molar-refractivity contribution in [2.75, 3.05) is 13.2 Å². The van der Waals surface area contributed by atoms with Gasteiger partial charge in [0.05, 0.1) is 19.4 Å². The van der Waals surface area contributed by atoms with E-state index in [1.165, 1.54) is 57.8 Å². The monoisotopic (exact) mass is 680 g/mol. The molecule has 7 heteroatoms. The second-order valence-corrected chi connectivity index (χ2v) is 14.9. The highest BCUT2D eigenvalue weighted by Crippen LogP contribution is 2.60. The molecule has 3 saturated carbocycles. The number of hydrogen-bond donors (Lipinski definition) is 0. The third kappa shape index (κ3) is 12.5. The molecule has 49 heavy (non-hydrogen) atoms. The van der Waals surface area contributed by atoms with Gasteiger partial charge in [0, 0.05) is 23.7 Å². The van der Waals surface area contributed by atoms with Crippen LogP contribution in [0.3, 0.4) is 0 Å². The van der Waals surface area contributed by atoms with E-state index in [1.54, 1.807) is 6.08 Å². The fourth-order valence-corrected chi connectivity index (χ4v) is 8.99. The number of allylic oxidation sites excluding steroid dienone is 6. The number of unbranched alkanes of at least 4 members (excludes halogenated alkanes) is 11. The van der Waals surface area contributed by atoms with Gasteiger partial charge >= 0.3 is 11.9 Å². The lowest BCUT2D eigenvalue weighted by atomic mass is 9.51. The standard InChI is InChI=1S/C42H64O7/c1-4-6-7-8-9-10-11-12-13-14-15-16-17-18-19-29-48-39(46)24-25-40(47)49-31-38(45)34-23-22-33-35-21-20-32(26-28-43)42(3,27-5-2)41(35)37(44)30-36(33)34/h5,11-12,26-28,33-36,41H,4,6-10,13-25,29-31H2,1-3H3/b12-11-,27-5-,32-26-/t33?,34-,35?,36?,41?,42-/m0/s1. The minimum Gasteiger partial charge on any atom is -0.466 e. The average Bonchev–Trinajstić information content (AvgIpc) is 3.51. The maximum atomic E-state index is 13.6. The molecule has 3 aliphatic rings. The fourth-order valence-electron chi connectivity index (χ4n) is 8.99. The Morgan fingerprint density at radius 3 is 2.08 bits per heavy atom. The van der Waals surface area contributed by atoms with Gasteiger partial charge in [-0.05, 0) is 88.5 Å². The Morgan fingerprint density at radius 2 is 1.43 bits per heavy atom. The van der Waals surface area contributed by atoms with Gasteiger partial charge in [-0.15, -0.1) is 0 Å². The molecule has 0 N–H and O–H groups in total. The fraction of sp³-hybridized carbons (Fsp3) is 0.738. The zero-order valence-corrected chi connectivity index (χ0v) is 30.8. The van der Waals surface area contributed by atoms with Crippen molar-refractivity contribution in [3.63, 3.8) is 0 Å². The van der Waals surface area contributed by atoms with Gasteiger partial charge in [-0.1, -0.05) is 95.1 Å². The maximum Gasteiger partial charge on any atom is 0.306 e. The highest BCUT2D eigenvalue weighted by Gasteiger charge is 2.57. The first-order valence-corrected chi connectivity index (χ1v) is 19.6. The lowest BCUT2D eigenvalue weighted by Crippen LogP contribution is -2.50. The normalized spacial score (nSPS) is 27.4. The van der Waals surface area contributed by atoms with Gasteiger partial charge in [0.2, 0.25) is 0 Å². The predicted octanol–water partition coefficient (Wildman–Crippen LogP) is 9.42. The zero-order valence-electron chi connectivity index (χ0n) is 30.8. The van der Waals surface area contributed by atoms with Crippen LogP contribution in [0.25, 0.3) is 0 Å². The summed E-state index contributed by atoms with van der Waals surface area (Å²) in [7, 11) is 0. The summed E-state index contributed by atoms with van der Waals surface area (Å²) >= 11 is 0. The van der Waals surface area contributed by atoms with Crippen molar-refractivity contribution in [2.24, 2.45) is 35.0 Å². The Balaban J connectivity index is 1.26. The van der Waals surface area contributed by atoms with Crippen molar-refractivity contribution in [3.8, 4) is 0 Å². The van der Waals surface area contributed by atoms with E-state index in [-0.39, 0.29) is 60.6 Å². The Morgan fingerprint density at radius 1 is 0.796 bits per heavy atom. The van der Waals surface area contributed by atoms with Crippen LogP contribution in [0.4, 0.5) is 0 Å². The summed E-state index contributed by atoms with van der Waals surface area (Å²) in [6.45, 7) is 6.31. The van der Waals surface area contributed by atoms with E-state index >= 15 is 0 Å². The van der Waals surface area contributed by atoms with Crippen LogP contribution in [-0.2, 0) is 33.4 Å². The summed E-state index contributed by atoms with van der Waals surface area (Å²) in [5.74, 6) is -1.02. The Labute approximate surface area is 296 Å². The van der Waals surface area contributed by atoms with E-state index in [1.807, 2.05) is 13.0 Å². The van der Waals surface area contributed by atoms with Crippen LogP contribution < -0.4 is 0 Å². The first-order valence-electron chi connectivity index (χ1n) is 19.6. The molecule has 0 aromatic carbocycles. The number of carbonyl (C=O) groups is 5. The van der Waals surface area contributed by atoms with Gasteiger partial charge in [0.25, 0.3) is 0 Å². The van der Waals surface area contributed by atoms with Crippen LogP contribution in [0, 0.1) is 35.0 Å². The number of Topliss-reactive ketones (excluding diaryl/α,β-unsaturated/α-hetero) is 2. The largest absolute Gasteiger partial charge is 0.466 e. The van der Waals surface area contributed by atoms with Crippen molar-refractivity contribution in [2.45, 2.75) is 149 Å². The predicted molar refractivity (Wildman–Crippen MR) is 194 cm³/mol. The summed E-state index contributed by atoms with van der Waals surface area (Å²) in [5.41, 5.74) is 0.530. The van der Waals surface area contributed by atoms with Gasteiger partial charge in [0.1, 0.15) is 18.7 Å². The molecule has 3 aliphatic carbocycles. The molecular formula is C42H64O7. The molecule has 6 atom stereocenters. The Hall–Kier alpha value is -2.83. The summed E-state index contributed by atoms with van der Waals surface area (Å²) in [6, 6.07) is 0. The molecular weight excluding hydrogens is 616 g/mol. The van der Waals surface area contributed by atoms with Crippen LogP contribution >= 0.6 is 0 Å². The van der Waals surface area contributed by atoms with E-state index in [9.17, 15) is 24.0 Å². The lowest BCUT2D eigenvalue weighted by molar-refractivity contribution is -0.153. The lowest BCUT2D eigenvalue weighted by Gasteiger charge is -2.52. The molecule has 0 radical (unpaired) electrons. The Kier molecular flexibility index (Phi) is 18.3. The summed E-state index contributed by atoms with van der Waals surface area (Å²) < 4.78 is 10.6. The quantitative estimate of drug-likeness (QED) is 0.0348. The van der Waals surface area contributed by atoms with Crippen LogP contribution in [0.15, 0.2) is 36.0 Å². The molecule has 0 aliphatic heterocycles. The number of ether oxygens (including phenoxy) is 2. The molecule has 4 unspecified atom stereocenters. The number of rotatable bonds is 23. The van der Waals surface area contributed by atoms with E-state index in [0.717, 1.165) is 56.8 Å². The second kappa shape index (κ2) is 22.1. The molecule has 0 aromatic heterocycles. The average molecular weight is 681 g/mol. The summed E-state index contributed by atoms with van der Waals surface area (Å²) in [5, 5.41) is 0. The SMILES string of the molecule is C/C=C\[C@@]1(C)/C(=C\C=O)CCC2C3CC[C@H](C(=O)COC(=O)CCC(=O)OCCCCCCCC/C=C\CCCCCCC)C3CC(=O)C21. The smallest absolute Gasteiger partial charge is 0.306 e. The molecule has 0 saturated heterocycles. The van der Waals surface area contributed by atoms with Crippen molar-refractivity contribution in [1.82, 2.24) is 0 Å². The number of fused-ring (bicyclic) bond motifs is 3. The zero-order chi connectivity index (χ0) is 35.5. The third-order valence-corrected chi connectivity index (χ3v) is 11.5. The third-order valence-electron chi connectivity index (χ3n) is 11.5. The first-order chi connectivity index (χ1) is 23.8. The summed E-state index contributed by atoms with van der Waals surface area (Å²) in [6.07, 6.45) is 30.2. The van der Waals surface area contributed by atoms with Crippen LogP contribution in [-0.4, -0.2) is 43.0 Å². The van der Waals surface area contributed by atoms with Crippen molar-refractivity contribution in [1.29, 1.82) is 0 Å². The minimum absolute atomic E-state index is 0.0294.